The maximum absolute atomic E-state index is 13.8. The first kappa shape index (κ1) is 17.4. The monoisotopic (exact) mass is 324 g/mol. The van der Waals surface area contributed by atoms with Gasteiger partial charge in [-0.1, -0.05) is 0 Å². The minimum absolute atomic E-state index is 0.117. The Morgan fingerprint density at radius 2 is 2.26 bits per heavy atom. The number of ether oxygens (including phenoxy) is 4. The summed E-state index contributed by atoms with van der Waals surface area (Å²) in [6.45, 7) is 4.97. The van der Waals surface area contributed by atoms with Gasteiger partial charge in [-0.2, -0.15) is 0 Å². The van der Waals surface area contributed by atoms with E-state index in [9.17, 15) is 9.18 Å². The molecule has 5 nitrogen and oxygen atoms in total. The zero-order valence-electron chi connectivity index (χ0n) is 13.5. The van der Waals surface area contributed by atoms with Crippen molar-refractivity contribution >= 4 is 12.0 Å². The number of hydrogen-bond acceptors (Lipinski definition) is 5. The fraction of sp³-hybridized carbons (Fsp3) is 0.471. The minimum atomic E-state index is -0.468. The van der Waals surface area contributed by atoms with Gasteiger partial charge in [-0.05, 0) is 31.6 Å². The lowest BCUT2D eigenvalue weighted by molar-refractivity contribution is -0.137. The maximum atomic E-state index is 13.8. The second-order valence-electron chi connectivity index (χ2n) is 5.13. The molecule has 1 fully saturated rings. The zero-order valence-corrected chi connectivity index (χ0v) is 13.5. The van der Waals surface area contributed by atoms with Gasteiger partial charge in [-0.3, -0.25) is 0 Å². The van der Waals surface area contributed by atoms with Crippen molar-refractivity contribution in [2.24, 2.45) is 0 Å². The van der Waals surface area contributed by atoms with E-state index in [2.05, 4.69) is 0 Å². The molecular weight excluding hydrogens is 303 g/mol. The second-order valence-corrected chi connectivity index (χ2v) is 5.13. The van der Waals surface area contributed by atoms with Crippen LogP contribution in [0.2, 0.25) is 0 Å². The number of carbonyl (C=O) groups excluding carboxylic acids is 1. The van der Waals surface area contributed by atoms with Crippen LogP contribution >= 0.6 is 0 Å². The molecule has 0 aliphatic carbocycles. The summed E-state index contributed by atoms with van der Waals surface area (Å²) < 4.78 is 34.7. The second kappa shape index (κ2) is 8.08. The summed E-state index contributed by atoms with van der Waals surface area (Å²) in [5, 5.41) is 0. The van der Waals surface area contributed by atoms with Crippen LogP contribution in [0.25, 0.3) is 6.08 Å². The van der Waals surface area contributed by atoms with E-state index in [1.165, 1.54) is 25.3 Å². The first-order valence-electron chi connectivity index (χ1n) is 7.50. The van der Waals surface area contributed by atoms with Crippen molar-refractivity contribution in [2.45, 2.75) is 26.1 Å². The molecule has 1 aromatic carbocycles. The van der Waals surface area contributed by atoms with E-state index in [4.69, 9.17) is 18.9 Å². The normalized spacial score (nSPS) is 18.0. The number of carbonyl (C=O) groups is 1. The van der Waals surface area contributed by atoms with Gasteiger partial charge in [0.1, 0.15) is 17.7 Å². The van der Waals surface area contributed by atoms with Gasteiger partial charge >= 0.3 is 5.97 Å². The predicted molar refractivity (Wildman–Crippen MR) is 82.7 cm³/mol. The van der Waals surface area contributed by atoms with Gasteiger partial charge in [-0.25, -0.2) is 9.18 Å². The Labute approximate surface area is 135 Å². The molecule has 0 amide bonds. The van der Waals surface area contributed by atoms with E-state index in [-0.39, 0.29) is 18.8 Å². The standard InChI is InChI=1S/C17H21FO5/c1-4-21-17(19)6-5-14-15(7-12(18)8-16(14)20-3)11(2)22-9-13-10-23-13/h5-8,11,13H,4,9-10H2,1-3H3/b6-5+/t11-,13?/m1/s1. The lowest BCUT2D eigenvalue weighted by atomic mass is 10.0. The fourth-order valence-corrected chi connectivity index (χ4v) is 2.14. The smallest absolute Gasteiger partial charge is 0.330 e. The van der Waals surface area contributed by atoms with Gasteiger partial charge in [-0.15, -0.1) is 0 Å². The van der Waals surface area contributed by atoms with Crippen LogP contribution in [0.15, 0.2) is 18.2 Å². The number of epoxide rings is 1. The number of methoxy groups -OCH3 is 1. The van der Waals surface area contributed by atoms with Crippen LogP contribution in [0.5, 0.6) is 5.75 Å². The number of benzene rings is 1. The van der Waals surface area contributed by atoms with Crippen molar-refractivity contribution in [3.05, 3.63) is 35.2 Å². The van der Waals surface area contributed by atoms with Crippen LogP contribution in [-0.2, 0) is 19.0 Å². The molecule has 6 heteroatoms. The van der Waals surface area contributed by atoms with Crippen LogP contribution in [0.1, 0.15) is 31.1 Å². The van der Waals surface area contributed by atoms with Gasteiger partial charge in [0, 0.05) is 17.7 Å². The highest BCUT2D eigenvalue weighted by molar-refractivity contribution is 5.88. The van der Waals surface area contributed by atoms with Gasteiger partial charge in [0.2, 0.25) is 0 Å². The quantitative estimate of drug-likeness (QED) is 0.418. The topological polar surface area (TPSA) is 57.3 Å². The molecule has 1 aliphatic heterocycles. The third-order valence-corrected chi connectivity index (χ3v) is 3.40. The van der Waals surface area contributed by atoms with E-state index in [1.54, 1.807) is 13.0 Å². The van der Waals surface area contributed by atoms with Crippen molar-refractivity contribution in [1.29, 1.82) is 0 Å². The minimum Gasteiger partial charge on any atom is -0.496 e. The van der Waals surface area contributed by atoms with E-state index in [0.29, 0.717) is 30.1 Å². The Bertz CT molecular complexity index is 581. The van der Waals surface area contributed by atoms with E-state index in [1.807, 2.05) is 6.92 Å². The maximum Gasteiger partial charge on any atom is 0.330 e. The highest BCUT2D eigenvalue weighted by Gasteiger charge is 2.25. The molecule has 0 N–H and O–H groups in total. The van der Waals surface area contributed by atoms with Gasteiger partial charge < -0.3 is 18.9 Å². The van der Waals surface area contributed by atoms with Crippen LogP contribution in [0.4, 0.5) is 4.39 Å². The summed E-state index contributed by atoms with van der Waals surface area (Å²) in [7, 11) is 1.45. The summed E-state index contributed by atoms with van der Waals surface area (Å²) in [5.74, 6) is -0.563. The average Bonchev–Trinajstić information content (AvgIpc) is 3.35. The molecule has 0 saturated carbocycles. The summed E-state index contributed by atoms with van der Waals surface area (Å²) >= 11 is 0. The van der Waals surface area contributed by atoms with Crippen LogP contribution in [0.3, 0.4) is 0 Å². The summed E-state index contributed by atoms with van der Waals surface area (Å²) in [4.78, 5) is 11.5. The van der Waals surface area contributed by atoms with Crippen LogP contribution in [-0.4, -0.2) is 39.0 Å². The van der Waals surface area contributed by atoms with Crippen molar-refractivity contribution < 1.29 is 28.1 Å². The largest absolute Gasteiger partial charge is 0.496 e. The number of esters is 1. The van der Waals surface area contributed by atoms with Crippen molar-refractivity contribution in [3.8, 4) is 5.75 Å². The fourth-order valence-electron chi connectivity index (χ4n) is 2.14. The van der Waals surface area contributed by atoms with Gasteiger partial charge in [0.05, 0.1) is 33.0 Å². The highest BCUT2D eigenvalue weighted by Crippen LogP contribution is 2.32. The van der Waals surface area contributed by atoms with Gasteiger partial charge in [0.15, 0.2) is 0 Å². The van der Waals surface area contributed by atoms with Crippen molar-refractivity contribution in [2.75, 3.05) is 26.9 Å². The van der Waals surface area contributed by atoms with E-state index < -0.39 is 11.8 Å². The molecule has 23 heavy (non-hydrogen) atoms. The van der Waals surface area contributed by atoms with Crippen LogP contribution < -0.4 is 4.74 Å². The van der Waals surface area contributed by atoms with Crippen molar-refractivity contribution in [1.82, 2.24) is 0 Å². The highest BCUT2D eigenvalue weighted by atomic mass is 19.1. The zero-order chi connectivity index (χ0) is 16.8. The number of hydrogen-bond donors (Lipinski definition) is 0. The number of halogens is 1. The predicted octanol–water partition coefficient (Wildman–Crippen LogP) is 2.89. The van der Waals surface area contributed by atoms with Crippen LogP contribution in [0, 0.1) is 5.82 Å². The molecule has 1 unspecified atom stereocenters. The molecule has 0 spiro atoms. The number of rotatable bonds is 8. The molecule has 0 aromatic heterocycles. The Hall–Kier alpha value is -1.92. The first-order chi connectivity index (χ1) is 11.0. The molecule has 1 heterocycles. The SMILES string of the molecule is CCOC(=O)/C=C/c1c(OC)cc(F)cc1[C@@H](C)OCC1CO1. The lowest BCUT2D eigenvalue weighted by Gasteiger charge is -2.18. The molecule has 2 atom stereocenters. The average molecular weight is 324 g/mol. The van der Waals surface area contributed by atoms with E-state index in [0.717, 1.165) is 0 Å². The molecule has 0 radical (unpaired) electrons. The molecule has 0 bridgehead atoms. The molecule has 126 valence electrons. The Morgan fingerprint density at radius 3 is 2.87 bits per heavy atom. The molecule has 2 rings (SSSR count). The first-order valence-corrected chi connectivity index (χ1v) is 7.50. The molecular formula is C17H21FO5. The lowest BCUT2D eigenvalue weighted by Crippen LogP contribution is -2.09. The Kier molecular flexibility index (Phi) is 6.12. The summed E-state index contributed by atoms with van der Waals surface area (Å²) in [6, 6.07) is 2.65. The molecule has 1 saturated heterocycles. The summed E-state index contributed by atoms with van der Waals surface area (Å²) in [6.07, 6.45) is 2.59. The Morgan fingerprint density at radius 1 is 1.52 bits per heavy atom. The summed E-state index contributed by atoms with van der Waals surface area (Å²) in [5.41, 5.74) is 1.19. The van der Waals surface area contributed by atoms with Gasteiger partial charge in [0.25, 0.3) is 0 Å². The molecule has 1 aliphatic rings. The third-order valence-electron chi connectivity index (χ3n) is 3.40. The van der Waals surface area contributed by atoms with Crippen molar-refractivity contribution in [3.63, 3.8) is 0 Å². The third kappa shape index (κ3) is 5.04. The van der Waals surface area contributed by atoms with E-state index >= 15 is 0 Å². The Balaban J connectivity index is 2.26. The molecule has 1 aromatic rings.